The molecule has 0 saturated carbocycles. The summed E-state index contributed by atoms with van der Waals surface area (Å²) >= 11 is 6.16. The topological polar surface area (TPSA) is 106 Å². The van der Waals surface area contributed by atoms with Crippen molar-refractivity contribution >= 4 is 40.8 Å². The predicted molar refractivity (Wildman–Crippen MR) is 144 cm³/mol. The predicted octanol–water partition coefficient (Wildman–Crippen LogP) is 5.95. The highest BCUT2D eigenvalue weighted by atomic mass is 35.5. The van der Waals surface area contributed by atoms with Crippen molar-refractivity contribution in [1.82, 2.24) is 15.3 Å². The monoisotopic (exact) mass is 541 g/mol. The van der Waals surface area contributed by atoms with Gasteiger partial charge in [0.1, 0.15) is 18.0 Å². The van der Waals surface area contributed by atoms with Crippen LogP contribution in [0.2, 0.25) is 5.02 Å². The maximum atomic E-state index is 14.9. The molecule has 1 aliphatic heterocycles. The van der Waals surface area contributed by atoms with E-state index in [0.717, 1.165) is 0 Å². The normalized spacial score (nSPS) is 13.0. The summed E-state index contributed by atoms with van der Waals surface area (Å²) < 4.78 is 26.4. The van der Waals surface area contributed by atoms with E-state index in [4.69, 9.17) is 21.1 Å². The first-order chi connectivity index (χ1) is 17.9. The molecule has 0 atom stereocenters. The minimum atomic E-state index is -0.747. The smallest absolute Gasteiger partial charge is 0.416 e. The zero-order chi connectivity index (χ0) is 27.6. The van der Waals surface area contributed by atoms with Gasteiger partial charge in [-0.1, -0.05) is 11.6 Å². The summed E-state index contributed by atoms with van der Waals surface area (Å²) in [6.07, 6.45) is 2.36. The van der Waals surface area contributed by atoms with Crippen molar-refractivity contribution in [1.29, 1.82) is 0 Å². The van der Waals surface area contributed by atoms with Crippen molar-refractivity contribution in [2.75, 3.05) is 23.4 Å². The number of nitrogens with one attached hydrogen (secondary N) is 2. The molecule has 200 valence electrons. The zero-order valence-corrected chi connectivity index (χ0v) is 22.5. The van der Waals surface area contributed by atoms with Gasteiger partial charge in [0, 0.05) is 29.0 Å². The van der Waals surface area contributed by atoms with Crippen LogP contribution in [0.4, 0.5) is 26.4 Å². The molecular weight excluding hydrogens is 513 g/mol. The van der Waals surface area contributed by atoms with Crippen LogP contribution in [0.15, 0.2) is 42.7 Å². The highest BCUT2D eigenvalue weighted by Gasteiger charge is 2.32. The number of halogens is 2. The van der Waals surface area contributed by atoms with Crippen LogP contribution in [0.3, 0.4) is 0 Å². The van der Waals surface area contributed by atoms with Crippen molar-refractivity contribution in [2.45, 2.75) is 46.3 Å². The molecule has 11 heteroatoms. The summed E-state index contributed by atoms with van der Waals surface area (Å²) in [4.78, 5) is 35.9. The van der Waals surface area contributed by atoms with E-state index in [1.54, 1.807) is 32.9 Å². The SMILES string of the molecule is CC(C)NC(=O)c1cnccc1Nc1cc(-c2cc(Cl)ccc2F)nc2c1OCCN2C(=O)OC(C)(C)C. The lowest BCUT2D eigenvalue weighted by molar-refractivity contribution is 0.0566. The van der Waals surface area contributed by atoms with Crippen LogP contribution in [-0.4, -0.2) is 46.8 Å². The molecule has 9 nitrogen and oxygen atoms in total. The van der Waals surface area contributed by atoms with Crippen molar-refractivity contribution in [3.63, 3.8) is 0 Å². The molecule has 38 heavy (non-hydrogen) atoms. The number of fused-ring (bicyclic) bond motifs is 1. The van der Waals surface area contributed by atoms with Crippen LogP contribution in [0.25, 0.3) is 11.3 Å². The maximum Gasteiger partial charge on any atom is 0.416 e. The molecular formula is C27H29ClFN5O4. The highest BCUT2D eigenvalue weighted by molar-refractivity contribution is 6.30. The van der Waals surface area contributed by atoms with Crippen LogP contribution in [0.1, 0.15) is 45.0 Å². The number of benzene rings is 1. The fraction of sp³-hybridized carbons (Fsp3) is 0.333. The Kier molecular flexibility index (Phi) is 7.73. The van der Waals surface area contributed by atoms with Crippen LogP contribution < -0.4 is 20.3 Å². The molecule has 0 aliphatic carbocycles. The fourth-order valence-corrected chi connectivity index (χ4v) is 3.95. The molecule has 2 N–H and O–H groups in total. The van der Waals surface area contributed by atoms with Gasteiger partial charge >= 0.3 is 6.09 Å². The second-order valence-electron chi connectivity index (χ2n) is 9.99. The molecule has 3 heterocycles. The molecule has 0 fully saturated rings. The summed E-state index contributed by atoms with van der Waals surface area (Å²) in [7, 11) is 0. The van der Waals surface area contributed by atoms with E-state index in [0.29, 0.717) is 22.0 Å². The average Bonchev–Trinajstić information content (AvgIpc) is 2.84. The number of nitrogens with zero attached hydrogens (tertiary/aromatic N) is 3. The number of hydrogen-bond donors (Lipinski definition) is 2. The van der Waals surface area contributed by atoms with Crippen LogP contribution in [0, 0.1) is 5.82 Å². The number of hydrogen-bond acceptors (Lipinski definition) is 7. The van der Waals surface area contributed by atoms with E-state index in [9.17, 15) is 14.0 Å². The van der Waals surface area contributed by atoms with Gasteiger partial charge in [-0.15, -0.1) is 0 Å². The molecule has 1 aliphatic rings. The zero-order valence-electron chi connectivity index (χ0n) is 21.8. The first kappa shape index (κ1) is 27.1. The fourth-order valence-electron chi connectivity index (χ4n) is 3.78. The molecule has 3 aromatic rings. The van der Waals surface area contributed by atoms with Gasteiger partial charge in [-0.05, 0) is 65.0 Å². The molecule has 0 saturated heterocycles. The molecule has 0 bridgehead atoms. The molecule has 2 amide bonds. The van der Waals surface area contributed by atoms with Crippen molar-refractivity contribution < 1.29 is 23.5 Å². The van der Waals surface area contributed by atoms with Gasteiger partial charge in [0.15, 0.2) is 11.6 Å². The molecule has 1 aromatic carbocycles. The Hall–Kier alpha value is -3.92. The second kappa shape index (κ2) is 10.8. The summed E-state index contributed by atoms with van der Waals surface area (Å²) in [6, 6.07) is 7.25. The number of amides is 2. The number of aromatic nitrogens is 2. The van der Waals surface area contributed by atoms with E-state index in [-0.39, 0.29) is 47.9 Å². The van der Waals surface area contributed by atoms with Gasteiger partial charge in [-0.2, -0.15) is 0 Å². The van der Waals surface area contributed by atoms with Crippen LogP contribution >= 0.6 is 11.6 Å². The maximum absolute atomic E-state index is 14.9. The lowest BCUT2D eigenvalue weighted by Gasteiger charge is -2.32. The van der Waals surface area contributed by atoms with Gasteiger partial charge in [0.2, 0.25) is 0 Å². The largest absolute Gasteiger partial charge is 0.486 e. The Balaban J connectivity index is 1.86. The standard InChI is InChI=1S/C27H29ClFN5O4/c1-15(2)31-25(35)18-14-30-9-8-20(18)32-22-13-21(17-12-16(28)6-7-19(17)29)33-24-23(22)37-11-10-34(24)26(36)38-27(3,4)5/h6-9,12-15H,10-11H2,1-5H3,(H,31,35)(H,30,32,33). The van der Waals surface area contributed by atoms with Crippen molar-refractivity contribution in [3.05, 3.63) is 59.1 Å². The van der Waals surface area contributed by atoms with Gasteiger partial charge in [0.05, 0.1) is 29.2 Å². The lowest BCUT2D eigenvalue weighted by atomic mass is 10.1. The van der Waals surface area contributed by atoms with E-state index in [1.165, 1.54) is 35.5 Å². The van der Waals surface area contributed by atoms with Gasteiger partial charge < -0.3 is 20.1 Å². The number of rotatable bonds is 5. The van der Waals surface area contributed by atoms with E-state index in [1.807, 2.05) is 13.8 Å². The summed E-state index contributed by atoms with van der Waals surface area (Å²) in [6.45, 7) is 9.33. The first-order valence-electron chi connectivity index (χ1n) is 12.1. The minimum absolute atomic E-state index is 0.0904. The van der Waals surface area contributed by atoms with Crippen molar-refractivity contribution in [3.8, 4) is 17.0 Å². The molecule has 2 aromatic heterocycles. The number of carbonyl (C=O) groups excluding carboxylic acids is 2. The average molecular weight is 542 g/mol. The third-order valence-electron chi connectivity index (χ3n) is 5.35. The van der Waals surface area contributed by atoms with Crippen LogP contribution in [-0.2, 0) is 4.74 Å². The Morgan fingerprint density at radius 3 is 2.66 bits per heavy atom. The van der Waals surface area contributed by atoms with Crippen LogP contribution in [0.5, 0.6) is 5.75 Å². The second-order valence-corrected chi connectivity index (χ2v) is 10.4. The molecule has 0 unspecified atom stereocenters. The highest BCUT2D eigenvalue weighted by Crippen LogP contribution is 2.42. The molecule has 0 spiro atoms. The third kappa shape index (κ3) is 6.13. The van der Waals surface area contributed by atoms with Gasteiger partial charge in [-0.3, -0.25) is 14.7 Å². The lowest BCUT2D eigenvalue weighted by Crippen LogP contribution is -2.42. The first-order valence-corrected chi connectivity index (χ1v) is 12.5. The third-order valence-corrected chi connectivity index (χ3v) is 5.58. The molecule has 0 radical (unpaired) electrons. The molecule has 4 rings (SSSR count). The Morgan fingerprint density at radius 2 is 1.95 bits per heavy atom. The Bertz CT molecular complexity index is 1380. The van der Waals surface area contributed by atoms with Gasteiger partial charge in [-0.25, -0.2) is 14.2 Å². The summed E-state index contributed by atoms with van der Waals surface area (Å²) in [5, 5.41) is 6.37. The number of pyridine rings is 2. The number of ether oxygens (including phenoxy) is 2. The quantitative estimate of drug-likeness (QED) is 0.411. The Morgan fingerprint density at radius 1 is 1.18 bits per heavy atom. The Labute approximate surface area is 225 Å². The minimum Gasteiger partial charge on any atom is -0.486 e. The van der Waals surface area contributed by atoms with E-state index >= 15 is 0 Å². The number of anilines is 3. The summed E-state index contributed by atoms with van der Waals surface area (Å²) in [5.74, 6) is -0.474. The van der Waals surface area contributed by atoms with E-state index in [2.05, 4.69) is 20.6 Å². The summed E-state index contributed by atoms with van der Waals surface area (Å²) in [5.41, 5.74) is 0.674. The van der Waals surface area contributed by atoms with Crippen molar-refractivity contribution in [2.24, 2.45) is 0 Å². The van der Waals surface area contributed by atoms with Gasteiger partial charge in [0.25, 0.3) is 5.91 Å². The number of carbonyl (C=O) groups is 2. The van der Waals surface area contributed by atoms with E-state index < -0.39 is 17.5 Å².